The van der Waals surface area contributed by atoms with Crippen molar-refractivity contribution in [2.45, 2.75) is 32.1 Å². The zero-order valence-electron chi connectivity index (χ0n) is 10.7. The maximum Gasteiger partial charge on any atom is 0.120 e. The lowest BCUT2D eigenvalue weighted by Crippen LogP contribution is -2.38. The molecule has 3 nitrogen and oxygen atoms in total. The van der Waals surface area contributed by atoms with Crippen molar-refractivity contribution in [3.05, 3.63) is 29.8 Å². The number of carbonyl (C=O) groups is 1. The number of phenols is 1. The summed E-state index contributed by atoms with van der Waals surface area (Å²) in [5.74, 6) is 0.326. The van der Waals surface area contributed by atoms with Gasteiger partial charge in [0.25, 0.3) is 0 Å². The Morgan fingerprint density at radius 3 is 2.78 bits per heavy atom. The lowest BCUT2D eigenvalue weighted by Gasteiger charge is -2.37. The number of aromatic hydroxyl groups is 1. The average Bonchev–Trinajstić information content (AvgIpc) is 2.38. The van der Waals surface area contributed by atoms with Gasteiger partial charge in [0.2, 0.25) is 0 Å². The zero-order chi connectivity index (χ0) is 12.8. The summed E-state index contributed by atoms with van der Waals surface area (Å²) in [6.45, 7) is 2.05. The van der Waals surface area contributed by atoms with Gasteiger partial charge < -0.3 is 15.2 Å². The first-order valence-corrected chi connectivity index (χ1v) is 6.66. The molecular formula is C15H21NO2. The van der Waals surface area contributed by atoms with Crippen molar-refractivity contribution in [2.24, 2.45) is 5.41 Å². The lowest BCUT2D eigenvalue weighted by atomic mass is 9.71. The molecule has 3 heteroatoms. The van der Waals surface area contributed by atoms with E-state index in [0.29, 0.717) is 12.2 Å². The first kappa shape index (κ1) is 13.1. The third kappa shape index (κ3) is 3.33. The third-order valence-corrected chi connectivity index (χ3v) is 3.95. The molecule has 2 N–H and O–H groups in total. The average molecular weight is 247 g/mol. The fourth-order valence-electron chi connectivity index (χ4n) is 2.94. The minimum atomic E-state index is 0.222. The quantitative estimate of drug-likeness (QED) is 0.785. The number of piperidine rings is 1. The maximum atomic E-state index is 10.6. The molecule has 0 amide bonds. The van der Waals surface area contributed by atoms with Crippen molar-refractivity contribution in [3.63, 3.8) is 0 Å². The summed E-state index contributed by atoms with van der Waals surface area (Å²) in [6.07, 6.45) is 5.78. The summed E-state index contributed by atoms with van der Waals surface area (Å²) < 4.78 is 0. The predicted octanol–water partition coefficient (Wildman–Crippen LogP) is 2.28. The first-order valence-electron chi connectivity index (χ1n) is 6.66. The molecule has 1 fully saturated rings. The van der Waals surface area contributed by atoms with Crippen LogP contribution in [0.5, 0.6) is 5.75 Å². The molecule has 0 saturated carbocycles. The lowest BCUT2D eigenvalue weighted by molar-refractivity contribution is -0.108. The third-order valence-electron chi connectivity index (χ3n) is 3.95. The number of benzene rings is 1. The van der Waals surface area contributed by atoms with Crippen molar-refractivity contribution < 1.29 is 9.90 Å². The van der Waals surface area contributed by atoms with Crippen LogP contribution in [0.1, 0.15) is 31.2 Å². The number of aldehydes is 1. The second kappa shape index (κ2) is 6.01. The zero-order valence-corrected chi connectivity index (χ0v) is 10.7. The van der Waals surface area contributed by atoms with Crippen molar-refractivity contribution in [3.8, 4) is 5.75 Å². The molecule has 1 aliphatic heterocycles. The summed E-state index contributed by atoms with van der Waals surface area (Å²) in [5, 5.41) is 12.9. The van der Waals surface area contributed by atoms with Gasteiger partial charge in [-0.1, -0.05) is 12.1 Å². The molecule has 1 aromatic rings. The van der Waals surface area contributed by atoms with Crippen molar-refractivity contribution >= 4 is 6.29 Å². The van der Waals surface area contributed by atoms with Crippen LogP contribution in [0.25, 0.3) is 0 Å². The van der Waals surface area contributed by atoms with Gasteiger partial charge >= 0.3 is 0 Å². The first-order chi connectivity index (χ1) is 8.74. The highest BCUT2D eigenvalue weighted by Crippen LogP contribution is 2.37. The Hall–Kier alpha value is -1.35. The summed E-state index contributed by atoms with van der Waals surface area (Å²) in [6, 6.07) is 7.48. The van der Waals surface area contributed by atoms with Crippen molar-refractivity contribution in [1.82, 2.24) is 5.32 Å². The van der Waals surface area contributed by atoms with Crippen LogP contribution in [-0.4, -0.2) is 24.5 Å². The molecule has 0 spiro atoms. The van der Waals surface area contributed by atoms with Crippen LogP contribution in [0.15, 0.2) is 24.3 Å². The molecule has 1 aromatic carbocycles. The smallest absolute Gasteiger partial charge is 0.120 e. The van der Waals surface area contributed by atoms with E-state index >= 15 is 0 Å². The van der Waals surface area contributed by atoms with Gasteiger partial charge in [-0.05, 0) is 61.9 Å². The SMILES string of the molecule is O=CCCC1(Cc2cccc(O)c2)CCNCC1. The van der Waals surface area contributed by atoms with E-state index in [1.165, 1.54) is 5.56 Å². The molecule has 0 radical (unpaired) electrons. The molecule has 1 heterocycles. The van der Waals surface area contributed by atoms with Crippen LogP contribution in [0.2, 0.25) is 0 Å². The number of hydrogen-bond acceptors (Lipinski definition) is 3. The summed E-state index contributed by atoms with van der Waals surface area (Å²) >= 11 is 0. The maximum absolute atomic E-state index is 10.6. The van der Waals surface area contributed by atoms with E-state index in [1.54, 1.807) is 6.07 Å². The number of hydrogen-bond donors (Lipinski definition) is 2. The van der Waals surface area contributed by atoms with Crippen LogP contribution in [0.3, 0.4) is 0 Å². The molecule has 1 saturated heterocycles. The predicted molar refractivity (Wildman–Crippen MR) is 71.6 cm³/mol. The van der Waals surface area contributed by atoms with E-state index < -0.39 is 0 Å². The van der Waals surface area contributed by atoms with Gasteiger partial charge in [-0.25, -0.2) is 0 Å². The number of nitrogens with one attached hydrogen (secondary N) is 1. The Morgan fingerprint density at radius 1 is 1.33 bits per heavy atom. The van der Waals surface area contributed by atoms with Gasteiger partial charge in [-0.2, -0.15) is 0 Å². The Kier molecular flexibility index (Phi) is 4.37. The van der Waals surface area contributed by atoms with E-state index in [1.807, 2.05) is 12.1 Å². The van der Waals surface area contributed by atoms with Crippen LogP contribution in [0.4, 0.5) is 0 Å². The van der Waals surface area contributed by atoms with E-state index in [2.05, 4.69) is 11.4 Å². The Bertz CT molecular complexity index is 397. The summed E-state index contributed by atoms with van der Waals surface area (Å²) in [7, 11) is 0. The van der Waals surface area contributed by atoms with Crippen LogP contribution < -0.4 is 5.32 Å². The molecule has 1 aliphatic rings. The van der Waals surface area contributed by atoms with Gasteiger partial charge in [0.1, 0.15) is 12.0 Å². The van der Waals surface area contributed by atoms with E-state index in [-0.39, 0.29) is 5.41 Å². The Labute approximate surface area is 108 Å². The van der Waals surface area contributed by atoms with E-state index in [0.717, 1.165) is 45.1 Å². The molecule has 0 atom stereocenters. The van der Waals surface area contributed by atoms with Gasteiger partial charge in [0.15, 0.2) is 0 Å². The van der Waals surface area contributed by atoms with Crippen LogP contribution >= 0.6 is 0 Å². The van der Waals surface area contributed by atoms with E-state index in [4.69, 9.17) is 0 Å². The molecule has 0 unspecified atom stereocenters. The summed E-state index contributed by atoms with van der Waals surface area (Å²) in [5.41, 5.74) is 1.39. The monoisotopic (exact) mass is 247 g/mol. The number of carbonyl (C=O) groups excluding carboxylic acids is 1. The molecule has 98 valence electrons. The van der Waals surface area contributed by atoms with Gasteiger partial charge in [0, 0.05) is 6.42 Å². The molecule has 18 heavy (non-hydrogen) atoms. The molecule has 0 aromatic heterocycles. The summed E-state index contributed by atoms with van der Waals surface area (Å²) in [4.78, 5) is 10.6. The molecule has 0 bridgehead atoms. The van der Waals surface area contributed by atoms with Crippen molar-refractivity contribution in [2.75, 3.05) is 13.1 Å². The van der Waals surface area contributed by atoms with Crippen LogP contribution in [-0.2, 0) is 11.2 Å². The van der Waals surface area contributed by atoms with Crippen molar-refractivity contribution in [1.29, 1.82) is 0 Å². The Balaban J connectivity index is 2.11. The minimum Gasteiger partial charge on any atom is -0.508 e. The van der Waals surface area contributed by atoms with E-state index in [9.17, 15) is 9.90 Å². The fraction of sp³-hybridized carbons (Fsp3) is 0.533. The second-order valence-electron chi connectivity index (χ2n) is 5.30. The minimum absolute atomic E-state index is 0.222. The number of rotatable bonds is 5. The highest BCUT2D eigenvalue weighted by molar-refractivity contribution is 5.49. The standard InChI is InChI=1S/C15H21NO2/c17-10-2-5-15(6-8-16-9-7-15)12-13-3-1-4-14(18)11-13/h1,3-4,10-11,16,18H,2,5-9,12H2. The van der Waals surface area contributed by atoms with Crippen LogP contribution in [0, 0.1) is 5.41 Å². The highest BCUT2D eigenvalue weighted by atomic mass is 16.3. The number of phenolic OH excluding ortho intramolecular Hbond substituents is 1. The topological polar surface area (TPSA) is 49.3 Å². The highest BCUT2D eigenvalue weighted by Gasteiger charge is 2.31. The Morgan fingerprint density at radius 2 is 2.11 bits per heavy atom. The molecular weight excluding hydrogens is 226 g/mol. The van der Waals surface area contributed by atoms with Gasteiger partial charge in [0.05, 0.1) is 0 Å². The van der Waals surface area contributed by atoms with Gasteiger partial charge in [-0.3, -0.25) is 0 Å². The fourth-order valence-corrected chi connectivity index (χ4v) is 2.94. The molecule has 2 rings (SSSR count). The second-order valence-corrected chi connectivity index (χ2v) is 5.30. The largest absolute Gasteiger partial charge is 0.508 e. The molecule has 0 aliphatic carbocycles. The van der Waals surface area contributed by atoms with Gasteiger partial charge in [-0.15, -0.1) is 0 Å². The normalized spacial score (nSPS) is 18.4.